The lowest BCUT2D eigenvalue weighted by Crippen LogP contribution is -2.15. The van der Waals surface area contributed by atoms with E-state index < -0.39 is 6.61 Å². The summed E-state index contributed by atoms with van der Waals surface area (Å²) in [4.78, 5) is 16.0. The van der Waals surface area contributed by atoms with Crippen molar-refractivity contribution in [2.75, 3.05) is 11.1 Å². The summed E-state index contributed by atoms with van der Waals surface area (Å²) in [6.45, 7) is -2.95. The summed E-state index contributed by atoms with van der Waals surface area (Å²) in [5.74, 6) is -0.296. The molecule has 0 aliphatic heterocycles. The number of thioether (sulfide) groups is 1. The number of ether oxygens (including phenoxy) is 1. The zero-order valence-corrected chi connectivity index (χ0v) is 13.5. The minimum Gasteiger partial charge on any atom is -0.433 e. The maximum atomic E-state index is 12.3. The highest BCUT2D eigenvalue weighted by atomic mass is 79.9. The standard InChI is InChI=1S/C14H11BrF2N2O2S/c15-9-5-6-13(18-7-9)22-8-12(20)19-10-3-1-2-4-11(10)21-14(16)17/h1-7,14H,8H2,(H,19,20). The maximum Gasteiger partial charge on any atom is 0.387 e. The van der Waals surface area contributed by atoms with Crippen LogP contribution in [0.15, 0.2) is 52.1 Å². The van der Waals surface area contributed by atoms with Crippen molar-refractivity contribution in [3.63, 3.8) is 0 Å². The summed E-state index contributed by atoms with van der Waals surface area (Å²) in [6.07, 6.45) is 1.63. The van der Waals surface area contributed by atoms with Crippen molar-refractivity contribution in [3.05, 3.63) is 47.1 Å². The molecule has 1 aromatic carbocycles. The van der Waals surface area contributed by atoms with Gasteiger partial charge < -0.3 is 10.1 Å². The lowest BCUT2D eigenvalue weighted by Gasteiger charge is -2.11. The van der Waals surface area contributed by atoms with E-state index in [-0.39, 0.29) is 23.1 Å². The summed E-state index contributed by atoms with van der Waals surface area (Å²) in [5, 5.41) is 3.23. The van der Waals surface area contributed by atoms with Gasteiger partial charge in [0.15, 0.2) is 0 Å². The van der Waals surface area contributed by atoms with Crippen molar-refractivity contribution in [2.24, 2.45) is 0 Å². The molecule has 2 aromatic rings. The molecule has 2 rings (SSSR count). The number of hydrogen-bond donors (Lipinski definition) is 1. The van der Waals surface area contributed by atoms with E-state index in [2.05, 4.69) is 31.0 Å². The molecule has 4 nitrogen and oxygen atoms in total. The number of carbonyl (C=O) groups is 1. The molecule has 0 saturated carbocycles. The molecule has 0 spiro atoms. The Morgan fingerprint density at radius 3 is 2.77 bits per heavy atom. The van der Waals surface area contributed by atoms with Crippen molar-refractivity contribution in [1.82, 2.24) is 4.98 Å². The number of rotatable bonds is 6. The van der Waals surface area contributed by atoms with E-state index in [1.54, 1.807) is 24.4 Å². The van der Waals surface area contributed by atoms with Crippen molar-refractivity contribution in [1.29, 1.82) is 0 Å². The number of nitrogens with one attached hydrogen (secondary N) is 1. The van der Waals surface area contributed by atoms with Crippen LogP contribution in [0.1, 0.15) is 0 Å². The first kappa shape index (κ1) is 16.7. The van der Waals surface area contributed by atoms with Crippen LogP contribution in [0.4, 0.5) is 14.5 Å². The van der Waals surface area contributed by atoms with Crippen LogP contribution in [-0.2, 0) is 4.79 Å². The van der Waals surface area contributed by atoms with Gasteiger partial charge in [-0.2, -0.15) is 8.78 Å². The molecule has 1 N–H and O–H groups in total. The number of benzene rings is 1. The number of nitrogens with zero attached hydrogens (tertiary/aromatic N) is 1. The number of halogens is 3. The smallest absolute Gasteiger partial charge is 0.387 e. The molecular weight excluding hydrogens is 378 g/mol. The third-order valence-electron chi connectivity index (χ3n) is 2.43. The molecule has 0 bridgehead atoms. The lowest BCUT2D eigenvalue weighted by atomic mass is 10.3. The fourth-order valence-corrected chi connectivity index (χ4v) is 2.42. The van der Waals surface area contributed by atoms with E-state index in [1.807, 2.05) is 6.07 Å². The van der Waals surface area contributed by atoms with Crippen LogP contribution in [0.2, 0.25) is 0 Å². The van der Waals surface area contributed by atoms with E-state index in [1.165, 1.54) is 23.9 Å². The van der Waals surface area contributed by atoms with Crippen LogP contribution in [0.25, 0.3) is 0 Å². The molecule has 116 valence electrons. The summed E-state index contributed by atoms with van der Waals surface area (Å²) < 4.78 is 29.8. The Bertz CT molecular complexity index is 641. The van der Waals surface area contributed by atoms with Gasteiger partial charge in [0.2, 0.25) is 5.91 Å². The molecule has 0 fully saturated rings. The van der Waals surface area contributed by atoms with E-state index in [4.69, 9.17) is 0 Å². The first-order valence-corrected chi connectivity index (χ1v) is 7.90. The van der Waals surface area contributed by atoms with Crippen LogP contribution >= 0.6 is 27.7 Å². The summed E-state index contributed by atoms with van der Waals surface area (Å²) >= 11 is 4.51. The van der Waals surface area contributed by atoms with Gasteiger partial charge in [-0.15, -0.1) is 0 Å². The molecule has 8 heteroatoms. The van der Waals surface area contributed by atoms with E-state index >= 15 is 0 Å². The predicted octanol–water partition coefficient (Wildman–Crippen LogP) is 4.18. The average Bonchev–Trinajstić information content (AvgIpc) is 2.48. The fraction of sp³-hybridized carbons (Fsp3) is 0.143. The number of pyridine rings is 1. The van der Waals surface area contributed by atoms with Crippen LogP contribution < -0.4 is 10.1 Å². The highest BCUT2D eigenvalue weighted by Crippen LogP contribution is 2.26. The van der Waals surface area contributed by atoms with Crippen LogP contribution in [0.5, 0.6) is 5.75 Å². The molecule has 1 heterocycles. The Morgan fingerprint density at radius 2 is 2.09 bits per heavy atom. The lowest BCUT2D eigenvalue weighted by molar-refractivity contribution is -0.113. The number of anilines is 1. The second-order valence-electron chi connectivity index (χ2n) is 4.03. The average molecular weight is 389 g/mol. The van der Waals surface area contributed by atoms with Crippen LogP contribution in [0, 0.1) is 0 Å². The second kappa shape index (κ2) is 8.09. The molecule has 0 radical (unpaired) electrons. The van der Waals surface area contributed by atoms with Crippen molar-refractivity contribution >= 4 is 39.3 Å². The maximum absolute atomic E-state index is 12.3. The van der Waals surface area contributed by atoms with Gasteiger partial charge in [-0.1, -0.05) is 23.9 Å². The van der Waals surface area contributed by atoms with Gasteiger partial charge in [0.25, 0.3) is 0 Å². The highest BCUT2D eigenvalue weighted by molar-refractivity contribution is 9.10. The predicted molar refractivity (Wildman–Crippen MR) is 84.4 cm³/mol. The first-order chi connectivity index (χ1) is 10.5. The van der Waals surface area contributed by atoms with Gasteiger partial charge in [0, 0.05) is 10.7 Å². The molecule has 22 heavy (non-hydrogen) atoms. The Labute approximate surface area is 138 Å². The summed E-state index contributed by atoms with van der Waals surface area (Å²) in [7, 11) is 0. The fourth-order valence-electron chi connectivity index (χ4n) is 1.54. The largest absolute Gasteiger partial charge is 0.433 e. The van der Waals surface area contributed by atoms with E-state index in [0.29, 0.717) is 5.03 Å². The molecule has 1 amide bonds. The van der Waals surface area contributed by atoms with Crippen molar-refractivity contribution < 1.29 is 18.3 Å². The quantitative estimate of drug-likeness (QED) is 0.754. The number of amides is 1. The zero-order chi connectivity index (χ0) is 15.9. The Hall–Kier alpha value is -1.67. The monoisotopic (exact) mass is 388 g/mol. The SMILES string of the molecule is O=C(CSc1ccc(Br)cn1)Nc1ccccc1OC(F)F. The third-order valence-corrected chi connectivity index (χ3v) is 3.84. The van der Waals surface area contributed by atoms with E-state index in [0.717, 1.165) is 4.47 Å². The van der Waals surface area contributed by atoms with Crippen LogP contribution in [0.3, 0.4) is 0 Å². The molecule has 1 aromatic heterocycles. The number of hydrogen-bond acceptors (Lipinski definition) is 4. The molecule has 0 unspecified atom stereocenters. The third kappa shape index (κ3) is 5.27. The Morgan fingerprint density at radius 1 is 1.32 bits per heavy atom. The number of aromatic nitrogens is 1. The van der Waals surface area contributed by atoms with Gasteiger partial charge in [-0.05, 0) is 40.2 Å². The minimum absolute atomic E-state index is 0.0717. The first-order valence-electron chi connectivity index (χ1n) is 6.12. The van der Waals surface area contributed by atoms with Crippen molar-refractivity contribution in [2.45, 2.75) is 11.6 Å². The molecular formula is C14H11BrF2N2O2S. The van der Waals surface area contributed by atoms with Gasteiger partial charge >= 0.3 is 6.61 Å². The summed E-state index contributed by atoms with van der Waals surface area (Å²) in [5.41, 5.74) is 0.206. The molecule has 0 aliphatic carbocycles. The number of para-hydroxylation sites is 2. The normalized spacial score (nSPS) is 10.5. The highest BCUT2D eigenvalue weighted by Gasteiger charge is 2.11. The zero-order valence-electron chi connectivity index (χ0n) is 11.1. The molecule has 0 aliphatic rings. The van der Waals surface area contributed by atoms with Gasteiger partial charge in [0.05, 0.1) is 16.5 Å². The topological polar surface area (TPSA) is 51.2 Å². The van der Waals surface area contributed by atoms with Gasteiger partial charge in [0.1, 0.15) is 5.75 Å². The minimum atomic E-state index is -2.95. The van der Waals surface area contributed by atoms with E-state index in [9.17, 15) is 13.6 Å². The second-order valence-corrected chi connectivity index (χ2v) is 5.94. The van der Waals surface area contributed by atoms with Gasteiger partial charge in [-0.25, -0.2) is 4.98 Å². The van der Waals surface area contributed by atoms with Crippen LogP contribution in [-0.4, -0.2) is 23.3 Å². The molecule has 0 saturated heterocycles. The molecule has 0 atom stereocenters. The number of carbonyl (C=O) groups excluding carboxylic acids is 1. The number of alkyl halides is 2. The summed E-state index contributed by atoms with van der Waals surface area (Å²) in [6, 6.07) is 9.63. The van der Waals surface area contributed by atoms with Gasteiger partial charge in [-0.3, -0.25) is 4.79 Å². The Balaban J connectivity index is 1.93. The Kier molecular flexibility index (Phi) is 6.14. The van der Waals surface area contributed by atoms with Crippen molar-refractivity contribution in [3.8, 4) is 5.75 Å².